The van der Waals surface area contributed by atoms with E-state index in [-0.39, 0.29) is 0 Å². The van der Waals surface area contributed by atoms with Gasteiger partial charge in [-0.05, 0) is 0 Å². The number of hydrogen-bond acceptors (Lipinski definition) is 0. The Kier molecular flexibility index (Phi) is 5.97. The first-order chi connectivity index (χ1) is 11.3. The molecule has 0 aliphatic heterocycles. The van der Waals surface area contributed by atoms with Gasteiger partial charge in [-0.25, -0.2) is 0 Å². The Morgan fingerprint density at radius 3 is 2.39 bits per heavy atom. The van der Waals surface area contributed by atoms with Crippen molar-refractivity contribution in [1.29, 1.82) is 0 Å². The summed E-state index contributed by atoms with van der Waals surface area (Å²) < 4.78 is 3.00. The van der Waals surface area contributed by atoms with Gasteiger partial charge in [0.2, 0.25) is 0 Å². The van der Waals surface area contributed by atoms with Gasteiger partial charge >= 0.3 is 147 Å². The zero-order valence-electron chi connectivity index (χ0n) is 14.4. The average molecular weight is 371 g/mol. The van der Waals surface area contributed by atoms with Crippen LogP contribution in [-0.2, 0) is 0 Å². The van der Waals surface area contributed by atoms with Crippen molar-refractivity contribution in [3.63, 3.8) is 0 Å². The first-order valence-corrected chi connectivity index (χ1v) is 10.8. The predicted molar refractivity (Wildman–Crippen MR) is 103 cm³/mol. The molecule has 0 radical (unpaired) electrons. The fraction of sp³-hybridized carbons (Fsp3) is 0.455. The van der Waals surface area contributed by atoms with Crippen molar-refractivity contribution in [3.8, 4) is 10.0 Å². The van der Waals surface area contributed by atoms with Crippen molar-refractivity contribution in [2.75, 3.05) is 0 Å². The van der Waals surface area contributed by atoms with E-state index in [2.05, 4.69) is 62.4 Å². The third-order valence-electron chi connectivity index (χ3n) is 5.17. The van der Waals surface area contributed by atoms with Gasteiger partial charge in [-0.15, -0.1) is 0 Å². The van der Waals surface area contributed by atoms with Gasteiger partial charge in [-0.1, -0.05) is 0 Å². The van der Waals surface area contributed by atoms with Crippen LogP contribution in [0, 0.1) is 5.92 Å². The maximum absolute atomic E-state index is 2.39. The van der Waals surface area contributed by atoms with Crippen LogP contribution in [0.1, 0.15) is 68.3 Å². The molecule has 3 rings (SSSR count). The molecular formula is C22H28Se. The van der Waals surface area contributed by atoms with E-state index in [1.807, 2.05) is 0 Å². The van der Waals surface area contributed by atoms with Gasteiger partial charge in [-0.3, -0.25) is 0 Å². The van der Waals surface area contributed by atoms with Crippen LogP contribution in [0.2, 0.25) is 0 Å². The Morgan fingerprint density at radius 1 is 1.00 bits per heavy atom. The third kappa shape index (κ3) is 4.28. The molecule has 1 aromatic carbocycles. The van der Waals surface area contributed by atoms with Crippen LogP contribution in [-0.4, -0.2) is 14.5 Å². The molecule has 0 bridgehead atoms. The van der Waals surface area contributed by atoms with Crippen molar-refractivity contribution in [2.24, 2.45) is 5.92 Å². The van der Waals surface area contributed by atoms with E-state index in [0.29, 0.717) is 14.5 Å². The second kappa shape index (κ2) is 8.17. The first-order valence-electron chi connectivity index (χ1n) is 9.13. The van der Waals surface area contributed by atoms with E-state index in [0.717, 1.165) is 11.8 Å². The van der Waals surface area contributed by atoms with Gasteiger partial charge < -0.3 is 0 Å². The Morgan fingerprint density at radius 2 is 1.74 bits per heavy atom. The number of rotatable bonds is 5. The number of allylic oxidation sites excluding steroid dienone is 1. The van der Waals surface area contributed by atoms with Crippen molar-refractivity contribution >= 4 is 20.6 Å². The van der Waals surface area contributed by atoms with Gasteiger partial charge in [0, 0.05) is 0 Å². The second-order valence-electron chi connectivity index (χ2n) is 6.83. The summed E-state index contributed by atoms with van der Waals surface area (Å²) >= 11 is 0.478. The van der Waals surface area contributed by atoms with Gasteiger partial charge in [-0.2, -0.15) is 0 Å². The Balaban J connectivity index is 1.65. The van der Waals surface area contributed by atoms with Crippen LogP contribution in [0.3, 0.4) is 0 Å². The fourth-order valence-corrected chi connectivity index (χ4v) is 5.94. The molecule has 0 spiro atoms. The molecule has 1 aromatic heterocycles. The topological polar surface area (TPSA) is 0 Å². The summed E-state index contributed by atoms with van der Waals surface area (Å²) in [5, 5.41) is 0. The maximum atomic E-state index is 2.39. The molecule has 0 saturated heterocycles. The van der Waals surface area contributed by atoms with Crippen LogP contribution in [0.4, 0.5) is 0 Å². The van der Waals surface area contributed by atoms with Crippen molar-refractivity contribution in [3.05, 3.63) is 52.5 Å². The molecule has 0 N–H and O–H groups in total. The van der Waals surface area contributed by atoms with Crippen molar-refractivity contribution < 1.29 is 0 Å². The Bertz CT molecular complexity index is 624. The summed E-state index contributed by atoms with van der Waals surface area (Å²) in [6.07, 6.45) is 12.8. The molecule has 1 saturated carbocycles. The van der Waals surface area contributed by atoms with Gasteiger partial charge in [0.15, 0.2) is 0 Å². The SMILES string of the molecule is CC=Cc1ccc(-c2ccc(C3CCC(CCC)CC3)cc2)[se]1. The summed E-state index contributed by atoms with van der Waals surface area (Å²) in [7, 11) is 0. The molecular weight excluding hydrogens is 343 g/mol. The molecule has 1 heterocycles. The standard InChI is InChI=1S/C22H28Se/c1-3-5-17-7-9-18(10-8-17)19-11-13-20(14-12-19)22-16-15-21(23-22)6-4-2/h4,6,11-18H,3,5,7-10H2,1-2H3. The van der Waals surface area contributed by atoms with E-state index in [1.165, 1.54) is 53.0 Å². The summed E-state index contributed by atoms with van der Waals surface area (Å²) in [5.41, 5.74) is 2.99. The monoisotopic (exact) mass is 372 g/mol. The minimum absolute atomic E-state index is 0.478. The summed E-state index contributed by atoms with van der Waals surface area (Å²) in [6, 6.07) is 14.1. The van der Waals surface area contributed by atoms with Crippen LogP contribution in [0.15, 0.2) is 42.5 Å². The van der Waals surface area contributed by atoms with Crippen LogP contribution in [0.5, 0.6) is 0 Å². The van der Waals surface area contributed by atoms with Gasteiger partial charge in [0.25, 0.3) is 0 Å². The predicted octanol–water partition coefficient (Wildman–Crippen LogP) is 6.52. The second-order valence-corrected chi connectivity index (χ2v) is 9.17. The van der Waals surface area contributed by atoms with Crippen LogP contribution < -0.4 is 0 Å². The molecule has 0 atom stereocenters. The van der Waals surface area contributed by atoms with Gasteiger partial charge in [0.1, 0.15) is 0 Å². The van der Waals surface area contributed by atoms with Gasteiger partial charge in [0.05, 0.1) is 0 Å². The molecule has 1 fully saturated rings. The Labute approximate surface area is 147 Å². The molecule has 122 valence electrons. The van der Waals surface area contributed by atoms with Crippen molar-refractivity contribution in [1.82, 2.24) is 0 Å². The molecule has 1 heteroatoms. The number of benzene rings is 1. The molecule has 0 amide bonds. The fourth-order valence-electron chi connectivity index (χ4n) is 3.87. The molecule has 2 aromatic rings. The first kappa shape index (κ1) is 16.8. The van der Waals surface area contributed by atoms with E-state index in [4.69, 9.17) is 0 Å². The number of hydrogen-bond donors (Lipinski definition) is 0. The van der Waals surface area contributed by atoms with Crippen LogP contribution in [0.25, 0.3) is 16.1 Å². The van der Waals surface area contributed by atoms with Crippen molar-refractivity contribution in [2.45, 2.75) is 58.3 Å². The summed E-state index contributed by atoms with van der Waals surface area (Å²) in [6.45, 7) is 4.42. The van der Waals surface area contributed by atoms with E-state index >= 15 is 0 Å². The zero-order chi connectivity index (χ0) is 16.1. The third-order valence-corrected chi connectivity index (χ3v) is 7.47. The average Bonchev–Trinajstić information content (AvgIpc) is 3.05. The van der Waals surface area contributed by atoms with E-state index in [9.17, 15) is 0 Å². The van der Waals surface area contributed by atoms with E-state index < -0.39 is 0 Å². The van der Waals surface area contributed by atoms with E-state index in [1.54, 1.807) is 5.56 Å². The normalized spacial score (nSPS) is 21.8. The quantitative estimate of drug-likeness (QED) is 0.525. The summed E-state index contributed by atoms with van der Waals surface area (Å²) in [5.74, 6) is 1.80. The molecule has 0 nitrogen and oxygen atoms in total. The molecule has 0 unspecified atom stereocenters. The zero-order valence-corrected chi connectivity index (χ0v) is 16.1. The minimum atomic E-state index is 0.478. The van der Waals surface area contributed by atoms with Crippen LogP contribution >= 0.6 is 0 Å². The molecule has 1 aliphatic carbocycles. The Hall–Kier alpha value is -1.04. The molecule has 23 heavy (non-hydrogen) atoms. The molecule has 1 aliphatic rings. The summed E-state index contributed by atoms with van der Waals surface area (Å²) in [4.78, 5) is 0.